The van der Waals surface area contributed by atoms with Crippen molar-refractivity contribution in [3.8, 4) is 0 Å². The number of rotatable bonds is 7. The van der Waals surface area contributed by atoms with Crippen molar-refractivity contribution in [1.29, 1.82) is 0 Å². The van der Waals surface area contributed by atoms with E-state index in [1.54, 1.807) is 0 Å². The van der Waals surface area contributed by atoms with Gasteiger partial charge in [0.15, 0.2) is 6.61 Å². The van der Waals surface area contributed by atoms with E-state index in [1.807, 2.05) is 67.7 Å². The van der Waals surface area contributed by atoms with Gasteiger partial charge in [0.1, 0.15) is 11.3 Å². The van der Waals surface area contributed by atoms with Crippen LogP contribution in [0.2, 0.25) is 0 Å². The maximum absolute atomic E-state index is 12.1. The summed E-state index contributed by atoms with van der Waals surface area (Å²) in [6.45, 7) is 1.52. The first kappa shape index (κ1) is 18.8. The number of furan rings is 1. The zero-order valence-electron chi connectivity index (χ0n) is 16.1. The maximum Gasteiger partial charge on any atom is 0.306 e. The molecular weight excluding hydrogens is 368 g/mol. The molecule has 6 heteroatoms. The smallest absolute Gasteiger partial charge is 0.306 e. The molecule has 0 aliphatic heterocycles. The molecule has 0 bridgehead atoms. The largest absolute Gasteiger partial charge is 0.459 e. The highest BCUT2D eigenvalue weighted by Gasteiger charge is 2.16. The normalized spacial score (nSPS) is 12.2. The molecular formula is C23H22N2O4. The Morgan fingerprint density at radius 1 is 1.14 bits per heavy atom. The number of amides is 1. The van der Waals surface area contributed by atoms with Gasteiger partial charge in [0.05, 0.1) is 6.04 Å². The number of nitrogens with one attached hydrogen (secondary N) is 2. The third kappa shape index (κ3) is 4.32. The fourth-order valence-corrected chi connectivity index (χ4v) is 3.36. The number of hydrogen-bond donors (Lipinski definition) is 2. The zero-order chi connectivity index (χ0) is 20.2. The molecule has 148 valence electrons. The van der Waals surface area contributed by atoms with Crippen molar-refractivity contribution in [1.82, 2.24) is 10.3 Å². The molecule has 0 fully saturated rings. The Morgan fingerprint density at radius 3 is 2.79 bits per heavy atom. The van der Waals surface area contributed by atoms with Gasteiger partial charge in [0.2, 0.25) is 0 Å². The average Bonchev–Trinajstić information content (AvgIpc) is 3.35. The van der Waals surface area contributed by atoms with Gasteiger partial charge < -0.3 is 19.5 Å². The molecule has 2 heterocycles. The molecule has 2 N–H and O–H groups in total. The molecule has 0 spiro atoms. The van der Waals surface area contributed by atoms with Crippen molar-refractivity contribution < 1.29 is 18.7 Å². The van der Waals surface area contributed by atoms with Crippen molar-refractivity contribution in [2.24, 2.45) is 0 Å². The summed E-state index contributed by atoms with van der Waals surface area (Å²) >= 11 is 0. The van der Waals surface area contributed by atoms with Crippen LogP contribution in [0, 0.1) is 0 Å². The Bertz CT molecular complexity index is 1120. The Hall–Kier alpha value is -3.54. The first-order chi connectivity index (χ1) is 14.1. The molecule has 6 nitrogen and oxygen atoms in total. The van der Waals surface area contributed by atoms with Crippen LogP contribution >= 0.6 is 0 Å². The summed E-state index contributed by atoms with van der Waals surface area (Å²) in [5.41, 5.74) is 2.86. The van der Waals surface area contributed by atoms with Crippen molar-refractivity contribution in [2.45, 2.75) is 25.8 Å². The molecule has 0 unspecified atom stereocenters. The quantitative estimate of drug-likeness (QED) is 0.462. The summed E-state index contributed by atoms with van der Waals surface area (Å²) in [6.07, 6.45) is 2.67. The summed E-state index contributed by atoms with van der Waals surface area (Å²) in [4.78, 5) is 27.3. The van der Waals surface area contributed by atoms with Crippen LogP contribution in [0.15, 0.2) is 65.2 Å². The van der Waals surface area contributed by atoms with E-state index in [0.717, 1.165) is 27.4 Å². The number of ether oxygens (including phenoxy) is 1. The number of para-hydroxylation sites is 2. The van der Waals surface area contributed by atoms with E-state index in [9.17, 15) is 9.59 Å². The molecule has 2 aromatic carbocycles. The Kier molecular flexibility index (Phi) is 5.33. The number of fused-ring (bicyclic) bond motifs is 2. The number of carbonyl (C=O) groups excluding carboxylic acids is 2. The lowest BCUT2D eigenvalue weighted by Crippen LogP contribution is -2.31. The third-order valence-corrected chi connectivity index (χ3v) is 4.89. The van der Waals surface area contributed by atoms with Gasteiger partial charge in [-0.15, -0.1) is 0 Å². The Morgan fingerprint density at radius 2 is 1.93 bits per heavy atom. The minimum absolute atomic E-state index is 0.217. The number of benzene rings is 2. The number of aryl methyl sites for hydroxylation is 1. The molecule has 4 rings (SSSR count). The Balaban J connectivity index is 1.25. The van der Waals surface area contributed by atoms with Gasteiger partial charge in [-0.2, -0.15) is 0 Å². The summed E-state index contributed by atoms with van der Waals surface area (Å²) in [5, 5.41) is 4.87. The first-order valence-corrected chi connectivity index (χ1v) is 9.58. The molecule has 29 heavy (non-hydrogen) atoms. The molecule has 4 aromatic rings. The van der Waals surface area contributed by atoms with Gasteiger partial charge in [-0.1, -0.05) is 36.4 Å². The van der Waals surface area contributed by atoms with Gasteiger partial charge >= 0.3 is 5.97 Å². The summed E-state index contributed by atoms with van der Waals surface area (Å²) in [6, 6.07) is 17.2. The monoisotopic (exact) mass is 390 g/mol. The van der Waals surface area contributed by atoms with E-state index >= 15 is 0 Å². The molecule has 0 saturated carbocycles. The summed E-state index contributed by atoms with van der Waals surface area (Å²) in [5.74, 6) is -0.106. The highest BCUT2D eigenvalue weighted by molar-refractivity contribution is 5.84. The first-order valence-electron chi connectivity index (χ1n) is 9.58. The van der Waals surface area contributed by atoms with E-state index in [2.05, 4.69) is 10.3 Å². The van der Waals surface area contributed by atoms with Crippen molar-refractivity contribution >= 4 is 33.7 Å². The van der Waals surface area contributed by atoms with Crippen LogP contribution < -0.4 is 5.32 Å². The molecule has 2 aromatic heterocycles. The van der Waals surface area contributed by atoms with Crippen LogP contribution in [0.4, 0.5) is 0 Å². The molecule has 0 aliphatic rings. The van der Waals surface area contributed by atoms with Gasteiger partial charge in [0, 0.05) is 28.9 Å². The molecule has 0 radical (unpaired) electrons. The highest BCUT2D eigenvalue weighted by Crippen LogP contribution is 2.23. The fourth-order valence-electron chi connectivity index (χ4n) is 3.36. The van der Waals surface area contributed by atoms with Crippen molar-refractivity contribution in [3.05, 3.63) is 72.1 Å². The van der Waals surface area contributed by atoms with E-state index in [0.29, 0.717) is 12.2 Å². The van der Waals surface area contributed by atoms with Crippen LogP contribution in [0.5, 0.6) is 0 Å². The third-order valence-electron chi connectivity index (χ3n) is 4.89. The lowest BCUT2D eigenvalue weighted by atomic mass is 10.1. The van der Waals surface area contributed by atoms with Crippen LogP contribution in [-0.2, 0) is 20.7 Å². The fraction of sp³-hybridized carbons (Fsp3) is 0.217. The molecule has 1 atom stereocenters. The summed E-state index contributed by atoms with van der Waals surface area (Å²) < 4.78 is 10.9. The van der Waals surface area contributed by atoms with Crippen LogP contribution in [0.1, 0.15) is 30.7 Å². The molecule has 0 aliphatic carbocycles. The lowest BCUT2D eigenvalue weighted by molar-refractivity contribution is -0.148. The predicted molar refractivity (Wildman–Crippen MR) is 110 cm³/mol. The molecule has 1 amide bonds. The van der Waals surface area contributed by atoms with Gasteiger partial charge in [-0.05, 0) is 37.1 Å². The SMILES string of the molecule is C[C@H](NC(=O)COC(=O)CCc1c[nH]c2ccccc12)c1cc2ccccc2o1. The minimum atomic E-state index is -0.401. The summed E-state index contributed by atoms with van der Waals surface area (Å²) in [7, 11) is 0. The van der Waals surface area contributed by atoms with E-state index in [-0.39, 0.29) is 25.0 Å². The number of H-pyrrole nitrogens is 1. The number of aromatic amines is 1. The van der Waals surface area contributed by atoms with Crippen molar-refractivity contribution in [3.63, 3.8) is 0 Å². The minimum Gasteiger partial charge on any atom is -0.459 e. The molecule has 0 saturated heterocycles. The van der Waals surface area contributed by atoms with E-state index in [4.69, 9.17) is 9.15 Å². The second kappa shape index (κ2) is 8.22. The highest BCUT2D eigenvalue weighted by atomic mass is 16.5. The average molecular weight is 390 g/mol. The predicted octanol–water partition coefficient (Wildman–Crippen LogP) is 4.27. The number of hydrogen-bond acceptors (Lipinski definition) is 4. The standard InChI is InChI=1S/C23H22N2O4/c1-15(21-12-16-6-2-5-9-20(16)29-21)25-22(26)14-28-23(27)11-10-17-13-24-19-8-4-3-7-18(17)19/h2-9,12-13,15,24H,10-11,14H2,1H3,(H,25,26)/t15-/m0/s1. The van der Waals surface area contributed by atoms with E-state index in [1.165, 1.54) is 0 Å². The number of esters is 1. The second-order valence-electron chi connectivity index (χ2n) is 7.00. The van der Waals surface area contributed by atoms with Crippen LogP contribution in [0.25, 0.3) is 21.9 Å². The van der Waals surface area contributed by atoms with Crippen LogP contribution in [-0.4, -0.2) is 23.5 Å². The maximum atomic E-state index is 12.1. The topological polar surface area (TPSA) is 84.3 Å². The van der Waals surface area contributed by atoms with Crippen molar-refractivity contribution in [2.75, 3.05) is 6.61 Å². The lowest BCUT2D eigenvalue weighted by Gasteiger charge is -2.11. The van der Waals surface area contributed by atoms with Gasteiger partial charge in [-0.25, -0.2) is 0 Å². The zero-order valence-corrected chi connectivity index (χ0v) is 16.1. The Labute approximate surface area is 167 Å². The number of carbonyl (C=O) groups is 2. The number of aromatic nitrogens is 1. The van der Waals surface area contributed by atoms with Gasteiger partial charge in [0.25, 0.3) is 5.91 Å². The second-order valence-corrected chi connectivity index (χ2v) is 7.00. The van der Waals surface area contributed by atoms with Crippen LogP contribution in [0.3, 0.4) is 0 Å². The van der Waals surface area contributed by atoms with Gasteiger partial charge in [-0.3, -0.25) is 9.59 Å². The van der Waals surface area contributed by atoms with E-state index < -0.39 is 5.97 Å².